The van der Waals surface area contributed by atoms with Crippen molar-refractivity contribution in [1.29, 1.82) is 5.26 Å². The number of halogens is 6. The molecule has 1 aliphatic heterocycles. The van der Waals surface area contributed by atoms with Crippen LogP contribution >= 0.6 is 0 Å². The van der Waals surface area contributed by atoms with E-state index in [2.05, 4.69) is 91.2 Å². The van der Waals surface area contributed by atoms with Crippen LogP contribution in [0.3, 0.4) is 0 Å². The van der Waals surface area contributed by atoms with E-state index in [1.807, 2.05) is 36.7 Å². The van der Waals surface area contributed by atoms with Crippen molar-refractivity contribution in [3.8, 4) is 6.07 Å². The molecule has 0 amide bonds. The first-order valence-electron chi connectivity index (χ1n) is 21.1. The van der Waals surface area contributed by atoms with E-state index in [0.717, 1.165) is 45.6 Å². The van der Waals surface area contributed by atoms with E-state index in [-0.39, 0.29) is 17.1 Å². The number of allylic oxidation sites excluding steroid dienone is 2. The number of nitrogens with zero attached hydrogens (tertiary/aromatic N) is 6. The van der Waals surface area contributed by atoms with Gasteiger partial charge in [-0.1, -0.05) is 61.7 Å². The van der Waals surface area contributed by atoms with Gasteiger partial charge >= 0.3 is 28.1 Å². The van der Waals surface area contributed by atoms with Crippen LogP contribution in [0.1, 0.15) is 119 Å². The maximum atomic E-state index is 10.7. The number of pyridine rings is 3. The van der Waals surface area contributed by atoms with Crippen LogP contribution in [0.2, 0.25) is 0 Å². The average molecular weight is 1030 g/mol. The number of aliphatic imine (C=N–C) groups is 1. The standard InChI is InChI=1S/C41H46N7.C2H3N.2CHF3O3S.Fe/c1-40(34-18-9-11-26-42-34,35-19-10-12-27-43-35)36-20-13-21-37(48-36)41(2,38-24-22-32(46-38)28-44-30-14-5-3-6-15-30)39-25-23-33(47-39)29-45-31-16-7-4-8-17-31;1-2-3;2*2-1(3,4)8(5,6)7;/h9-13,18-31,44H,3-8,14-17H2,1-2H3;1H3;2*(H,5,6,7);/q-1;;;;+2/p-1/b32-28+,45-29?;;;;/t41-;;;;/m0..../s1. The molecule has 1 atom stereocenters. The summed E-state index contributed by atoms with van der Waals surface area (Å²) in [6, 6.07) is 25.4. The molecule has 0 aromatic carbocycles. The largest absolute Gasteiger partial charge is 2.00 e. The molecule has 4 aromatic rings. The average Bonchev–Trinajstić information content (AvgIpc) is 3.99. The predicted molar refractivity (Wildman–Crippen MR) is 235 cm³/mol. The number of nitriles is 1. The first kappa shape index (κ1) is 57.1. The molecule has 2 fully saturated rings. The summed E-state index contributed by atoms with van der Waals surface area (Å²) in [5.74, 6) is 0. The summed E-state index contributed by atoms with van der Waals surface area (Å²) in [6.45, 7) is 5.80. The van der Waals surface area contributed by atoms with Crippen LogP contribution in [-0.2, 0) is 48.1 Å². The molecule has 2 aliphatic carbocycles. The Hall–Kier alpha value is -5.24. The summed E-state index contributed by atoms with van der Waals surface area (Å²) >= 11 is 0. The smallest absolute Gasteiger partial charge is 0.741 e. The summed E-state index contributed by atoms with van der Waals surface area (Å²) in [7, 11) is -12.2. The zero-order valence-electron chi connectivity index (χ0n) is 37.1. The van der Waals surface area contributed by atoms with E-state index in [9.17, 15) is 26.3 Å². The van der Waals surface area contributed by atoms with Crippen molar-refractivity contribution in [3.05, 3.63) is 137 Å². The van der Waals surface area contributed by atoms with Crippen molar-refractivity contribution in [3.63, 3.8) is 0 Å². The quantitative estimate of drug-likeness (QED) is 0.0554. The van der Waals surface area contributed by atoms with E-state index < -0.39 is 42.1 Å². The zero-order chi connectivity index (χ0) is 49.5. The van der Waals surface area contributed by atoms with Crippen LogP contribution in [0.4, 0.5) is 26.3 Å². The van der Waals surface area contributed by atoms with Crippen molar-refractivity contribution in [2.75, 3.05) is 0 Å². The second kappa shape index (κ2) is 24.9. The minimum absolute atomic E-state index is 0. The van der Waals surface area contributed by atoms with Gasteiger partial charge in [-0.15, -0.1) is 5.69 Å². The molecule has 3 aliphatic rings. The third kappa shape index (κ3) is 15.4. The molecule has 0 saturated heterocycles. The van der Waals surface area contributed by atoms with Crippen molar-refractivity contribution >= 4 is 32.2 Å². The summed E-state index contributed by atoms with van der Waals surface area (Å²) in [6.07, 6.45) is 24.8. The first-order chi connectivity index (χ1) is 31.4. The summed E-state index contributed by atoms with van der Waals surface area (Å²) < 4.78 is 118. The molecule has 23 heteroatoms. The molecule has 368 valence electrons. The molecule has 68 heavy (non-hydrogen) atoms. The van der Waals surface area contributed by atoms with Gasteiger partial charge in [0.1, 0.15) is 6.21 Å². The fourth-order valence-corrected chi connectivity index (χ4v) is 7.51. The van der Waals surface area contributed by atoms with Crippen LogP contribution in [0, 0.1) is 11.3 Å². The third-order valence-corrected chi connectivity index (χ3v) is 12.3. The molecule has 0 bridgehead atoms. The Morgan fingerprint density at radius 3 is 1.66 bits per heavy atom. The van der Waals surface area contributed by atoms with Gasteiger partial charge in [0.2, 0.25) is 0 Å². The van der Waals surface area contributed by atoms with Crippen LogP contribution in [0.15, 0.2) is 108 Å². The molecule has 14 nitrogen and oxygen atoms in total. The van der Waals surface area contributed by atoms with Gasteiger partial charge < -0.3 is 19.4 Å². The van der Waals surface area contributed by atoms with Crippen LogP contribution < -0.4 is 15.3 Å². The van der Waals surface area contributed by atoms with E-state index in [1.54, 1.807) is 6.07 Å². The van der Waals surface area contributed by atoms with E-state index >= 15 is 0 Å². The van der Waals surface area contributed by atoms with Gasteiger partial charge in [0.15, 0.2) is 26.3 Å². The predicted octanol–water partition coefficient (Wildman–Crippen LogP) is 6.73. The SMILES string of the molecule is CC#N.CC(c1ccccn1)(c1ccccn1)c1cccc([C@@](C)(C2=N/C(=C/NC3CCCCC3)C=C2)c2ccc(C=[NH+]C3CCCCC3)[n-]2)n1.O=S(=O)([O-])C(F)(F)F.O=S(=O)([O-])C(F)(F)F.[Fe+2]. The molecule has 7 rings (SSSR count). The zero-order valence-corrected chi connectivity index (χ0v) is 39.8. The molecule has 2 saturated carbocycles. The Labute approximate surface area is 402 Å². The molecular weight excluding hydrogens is 983 g/mol. The molecular formula is C45H50F6FeN8O6S2. The number of rotatable bonds is 10. The topological polar surface area (TPSA) is 229 Å². The van der Waals surface area contributed by atoms with Crippen molar-refractivity contribution < 1.29 is 74.3 Å². The minimum Gasteiger partial charge on any atom is -0.741 e. The van der Waals surface area contributed by atoms with Gasteiger partial charge in [-0.05, 0) is 88.1 Å². The second-order valence-electron chi connectivity index (χ2n) is 15.9. The van der Waals surface area contributed by atoms with E-state index in [1.165, 1.54) is 71.1 Å². The number of alkyl halides is 6. The molecule has 0 spiro atoms. The van der Waals surface area contributed by atoms with Gasteiger partial charge in [-0.25, -0.2) is 21.8 Å². The van der Waals surface area contributed by atoms with Crippen molar-refractivity contribution in [2.45, 2.75) is 119 Å². The Kier molecular flexibility index (Phi) is 20.9. The summed E-state index contributed by atoms with van der Waals surface area (Å²) in [5.41, 5.74) is -5.43. The molecule has 5 heterocycles. The Bertz CT molecular complexity index is 2550. The number of hydrogen-bond donors (Lipinski definition) is 2. The number of aromatic nitrogens is 4. The van der Waals surface area contributed by atoms with Gasteiger partial charge in [0.05, 0.1) is 51.1 Å². The second-order valence-corrected chi connectivity index (χ2v) is 18.7. The van der Waals surface area contributed by atoms with E-state index in [4.69, 9.17) is 56.1 Å². The van der Waals surface area contributed by atoms with Crippen molar-refractivity contribution in [1.82, 2.24) is 25.3 Å². The Morgan fingerprint density at radius 2 is 1.19 bits per heavy atom. The summed E-state index contributed by atoms with van der Waals surface area (Å²) in [5, 5.41) is 11.0. The maximum absolute atomic E-state index is 10.7. The number of nitrogens with one attached hydrogen (secondary N) is 2. The molecule has 2 N–H and O–H groups in total. The van der Waals surface area contributed by atoms with Gasteiger partial charge in [0.25, 0.3) is 0 Å². The van der Waals surface area contributed by atoms with Crippen LogP contribution in [-0.4, -0.2) is 75.9 Å². The van der Waals surface area contributed by atoms with Gasteiger partial charge in [-0.3, -0.25) is 19.9 Å². The molecule has 0 unspecified atom stereocenters. The normalized spacial score (nSPS) is 17.4. The Morgan fingerprint density at radius 1 is 0.721 bits per heavy atom. The fraction of sp³-hybridized carbons (Fsp3) is 0.422. The third-order valence-electron chi connectivity index (χ3n) is 11.2. The minimum atomic E-state index is -6.09. The number of hydrogen-bond acceptors (Lipinski definition) is 12. The molecule has 4 aromatic heterocycles. The Balaban J connectivity index is 0.000000519. The van der Waals surface area contributed by atoms with Crippen molar-refractivity contribution in [2.24, 2.45) is 4.99 Å². The van der Waals surface area contributed by atoms with Gasteiger partial charge in [0, 0.05) is 44.4 Å². The monoisotopic (exact) mass is 1030 g/mol. The van der Waals surface area contributed by atoms with Crippen LogP contribution in [0.5, 0.6) is 0 Å². The van der Waals surface area contributed by atoms with Crippen LogP contribution in [0.25, 0.3) is 0 Å². The maximum Gasteiger partial charge on any atom is 2.00 e. The summed E-state index contributed by atoms with van der Waals surface area (Å²) in [4.78, 5) is 29.2. The van der Waals surface area contributed by atoms with E-state index in [0.29, 0.717) is 12.1 Å². The first-order valence-corrected chi connectivity index (χ1v) is 23.9. The molecule has 0 radical (unpaired) electrons. The fourth-order valence-electron chi connectivity index (χ4n) is 7.51. The van der Waals surface area contributed by atoms with Gasteiger partial charge in [-0.2, -0.15) is 31.6 Å².